The highest BCUT2D eigenvalue weighted by molar-refractivity contribution is 9.10. The molecule has 3 rings (SSSR count). The van der Waals surface area contributed by atoms with Crippen molar-refractivity contribution in [2.45, 2.75) is 31.7 Å². The summed E-state index contributed by atoms with van der Waals surface area (Å²) in [6.07, 6.45) is 4.27. The molecule has 2 aliphatic rings. The van der Waals surface area contributed by atoms with Crippen molar-refractivity contribution < 1.29 is 4.79 Å². The van der Waals surface area contributed by atoms with Crippen molar-refractivity contribution in [1.29, 1.82) is 0 Å². The van der Waals surface area contributed by atoms with Crippen LogP contribution in [0.1, 0.15) is 24.8 Å². The minimum Gasteiger partial charge on any atom is -0.339 e. The maximum absolute atomic E-state index is 12.6. The number of hydrogen-bond donors (Lipinski definition) is 1. The number of hydrogen-bond acceptors (Lipinski definition) is 2. The van der Waals surface area contributed by atoms with Gasteiger partial charge in [0.2, 0.25) is 5.91 Å². The molecule has 0 saturated carbocycles. The summed E-state index contributed by atoms with van der Waals surface area (Å²) in [5.41, 5.74) is 1.32. The lowest BCUT2D eigenvalue weighted by Crippen LogP contribution is -2.41. The molecule has 1 aromatic rings. The first-order valence-corrected chi connectivity index (χ1v) is 8.29. The summed E-state index contributed by atoms with van der Waals surface area (Å²) in [6.45, 7) is 2.79. The van der Waals surface area contributed by atoms with E-state index < -0.39 is 0 Å². The quantitative estimate of drug-likeness (QED) is 0.883. The predicted octanol–water partition coefficient (Wildman–Crippen LogP) is 3.01. The van der Waals surface area contributed by atoms with Crippen LogP contribution in [-0.4, -0.2) is 36.5 Å². The lowest BCUT2D eigenvalue weighted by Gasteiger charge is -2.27. The number of likely N-dealkylation sites (tertiary alicyclic amines) is 1. The van der Waals surface area contributed by atoms with Gasteiger partial charge in [-0.25, -0.2) is 0 Å². The van der Waals surface area contributed by atoms with Gasteiger partial charge in [-0.2, -0.15) is 0 Å². The van der Waals surface area contributed by atoms with Gasteiger partial charge in [0, 0.05) is 23.6 Å². The van der Waals surface area contributed by atoms with E-state index in [0.717, 1.165) is 49.8 Å². The minimum atomic E-state index is 0. The van der Waals surface area contributed by atoms with Gasteiger partial charge in [0.15, 0.2) is 0 Å². The SMILES string of the molecule is Cl.O=C(C1CCNC1)N1CCCC1Cc1ccc(Br)cc1. The van der Waals surface area contributed by atoms with Crippen LogP contribution in [0.15, 0.2) is 28.7 Å². The maximum Gasteiger partial charge on any atom is 0.227 e. The number of carbonyl (C=O) groups excluding carboxylic acids is 1. The van der Waals surface area contributed by atoms with Gasteiger partial charge in [0.1, 0.15) is 0 Å². The van der Waals surface area contributed by atoms with E-state index in [1.54, 1.807) is 0 Å². The number of benzene rings is 1. The molecule has 3 nitrogen and oxygen atoms in total. The fourth-order valence-electron chi connectivity index (χ4n) is 3.33. The summed E-state index contributed by atoms with van der Waals surface area (Å²) in [4.78, 5) is 14.7. The Bertz CT molecular complexity index is 474. The molecule has 1 aromatic carbocycles. The molecule has 21 heavy (non-hydrogen) atoms. The Labute approximate surface area is 141 Å². The summed E-state index contributed by atoms with van der Waals surface area (Å²) < 4.78 is 1.11. The summed E-state index contributed by atoms with van der Waals surface area (Å²) >= 11 is 3.47. The highest BCUT2D eigenvalue weighted by atomic mass is 79.9. The fraction of sp³-hybridized carbons (Fsp3) is 0.562. The van der Waals surface area contributed by atoms with E-state index in [9.17, 15) is 4.79 Å². The first-order valence-electron chi connectivity index (χ1n) is 7.49. The fourth-order valence-corrected chi connectivity index (χ4v) is 3.59. The highest BCUT2D eigenvalue weighted by Gasteiger charge is 2.34. The Kier molecular flexibility index (Phi) is 6.08. The average molecular weight is 374 g/mol. The van der Waals surface area contributed by atoms with Crippen molar-refractivity contribution in [3.05, 3.63) is 34.3 Å². The first kappa shape index (κ1) is 16.8. The molecule has 2 fully saturated rings. The van der Waals surface area contributed by atoms with Crippen LogP contribution >= 0.6 is 28.3 Å². The zero-order valence-electron chi connectivity index (χ0n) is 12.1. The van der Waals surface area contributed by atoms with E-state index >= 15 is 0 Å². The third kappa shape index (κ3) is 3.99. The molecule has 2 heterocycles. The number of rotatable bonds is 3. The lowest BCUT2D eigenvalue weighted by atomic mass is 10.0. The van der Waals surface area contributed by atoms with Gasteiger partial charge in [0.05, 0.1) is 5.92 Å². The molecule has 116 valence electrons. The molecule has 2 saturated heterocycles. The Hall–Kier alpha value is -0.580. The molecule has 0 radical (unpaired) electrons. The van der Waals surface area contributed by atoms with Crippen LogP contribution in [0.5, 0.6) is 0 Å². The topological polar surface area (TPSA) is 32.3 Å². The predicted molar refractivity (Wildman–Crippen MR) is 90.8 cm³/mol. The zero-order chi connectivity index (χ0) is 13.9. The summed E-state index contributed by atoms with van der Waals surface area (Å²) in [6, 6.07) is 8.86. The van der Waals surface area contributed by atoms with Crippen molar-refractivity contribution in [2.75, 3.05) is 19.6 Å². The average Bonchev–Trinajstić information content (AvgIpc) is 3.12. The zero-order valence-corrected chi connectivity index (χ0v) is 14.5. The molecule has 2 aliphatic heterocycles. The second kappa shape index (κ2) is 7.61. The number of amides is 1. The van der Waals surface area contributed by atoms with E-state index in [1.807, 2.05) is 0 Å². The maximum atomic E-state index is 12.6. The van der Waals surface area contributed by atoms with Gasteiger partial charge in [-0.05, 0) is 49.9 Å². The summed E-state index contributed by atoms with van der Waals surface area (Å²) in [5.74, 6) is 0.579. The lowest BCUT2D eigenvalue weighted by molar-refractivity contribution is -0.135. The molecule has 0 aromatic heterocycles. The van der Waals surface area contributed by atoms with Crippen molar-refractivity contribution >= 4 is 34.2 Å². The standard InChI is InChI=1S/C16H21BrN2O.ClH/c17-14-5-3-12(4-6-14)10-15-2-1-9-19(15)16(20)13-7-8-18-11-13;/h3-6,13,15,18H,1-2,7-11H2;1H. The van der Waals surface area contributed by atoms with Crippen LogP contribution in [0.3, 0.4) is 0 Å². The Balaban J connectivity index is 0.00000161. The number of carbonyl (C=O) groups is 1. The Morgan fingerprint density at radius 1 is 1.29 bits per heavy atom. The van der Waals surface area contributed by atoms with Gasteiger partial charge in [-0.15, -0.1) is 12.4 Å². The van der Waals surface area contributed by atoms with Crippen LogP contribution in [0.2, 0.25) is 0 Å². The normalized spacial score (nSPS) is 24.9. The minimum absolute atomic E-state index is 0. The van der Waals surface area contributed by atoms with Crippen LogP contribution in [-0.2, 0) is 11.2 Å². The van der Waals surface area contributed by atoms with Crippen molar-refractivity contribution in [2.24, 2.45) is 5.92 Å². The van der Waals surface area contributed by atoms with E-state index in [0.29, 0.717) is 11.9 Å². The third-order valence-electron chi connectivity index (χ3n) is 4.45. The van der Waals surface area contributed by atoms with Crippen molar-refractivity contribution in [3.63, 3.8) is 0 Å². The molecule has 1 N–H and O–H groups in total. The number of halogens is 2. The smallest absolute Gasteiger partial charge is 0.227 e. The summed E-state index contributed by atoms with van der Waals surface area (Å²) in [5, 5.41) is 3.29. The molecule has 2 atom stereocenters. The van der Waals surface area contributed by atoms with E-state index in [1.165, 1.54) is 5.56 Å². The van der Waals surface area contributed by atoms with Crippen molar-refractivity contribution in [1.82, 2.24) is 10.2 Å². The monoisotopic (exact) mass is 372 g/mol. The van der Waals surface area contributed by atoms with Gasteiger partial charge < -0.3 is 10.2 Å². The second-order valence-electron chi connectivity index (χ2n) is 5.85. The van der Waals surface area contributed by atoms with Crippen molar-refractivity contribution in [3.8, 4) is 0 Å². The highest BCUT2D eigenvalue weighted by Crippen LogP contribution is 2.25. The van der Waals surface area contributed by atoms with Gasteiger partial charge in [-0.1, -0.05) is 28.1 Å². The van der Waals surface area contributed by atoms with Gasteiger partial charge in [-0.3, -0.25) is 4.79 Å². The van der Waals surface area contributed by atoms with E-state index in [2.05, 4.69) is 50.4 Å². The molecular formula is C16H22BrClN2O. The van der Waals surface area contributed by atoms with Gasteiger partial charge >= 0.3 is 0 Å². The summed E-state index contributed by atoms with van der Waals surface area (Å²) in [7, 11) is 0. The van der Waals surface area contributed by atoms with Gasteiger partial charge in [0.25, 0.3) is 0 Å². The Morgan fingerprint density at radius 3 is 2.71 bits per heavy atom. The largest absolute Gasteiger partial charge is 0.339 e. The molecule has 1 amide bonds. The number of nitrogens with one attached hydrogen (secondary N) is 1. The van der Waals surface area contributed by atoms with E-state index in [-0.39, 0.29) is 18.3 Å². The van der Waals surface area contributed by atoms with Crippen LogP contribution in [0.25, 0.3) is 0 Å². The molecule has 0 aliphatic carbocycles. The third-order valence-corrected chi connectivity index (χ3v) is 4.98. The molecule has 0 bridgehead atoms. The van der Waals surface area contributed by atoms with E-state index in [4.69, 9.17) is 0 Å². The van der Waals surface area contributed by atoms with Crippen LogP contribution < -0.4 is 5.32 Å². The molecular weight excluding hydrogens is 352 g/mol. The Morgan fingerprint density at radius 2 is 2.05 bits per heavy atom. The van der Waals surface area contributed by atoms with Crippen LogP contribution in [0.4, 0.5) is 0 Å². The number of nitrogens with zero attached hydrogens (tertiary/aromatic N) is 1. The van der Waals surface area contributed by atoms with Crippen LogP contribution in [0, 0.1) is 5.92 Å². The first-order chi connectivity index (χ1) is 9.74. The molecule has 2 unspecified atom stereocenters. The molecule has 0 spiro atoms. The molecule has 5 heteroatoms. The second-order valence-corrected chi connectivity index (χ2v) is 6.76.